The molecule has 24 nitrogen and oxygen atoms in total. The molecule has 120 heavy (non-hydrogen) atoms. The molecule has 0 spiro atoms. The van der Waals surface area contributed by atoms with Crippen LogP contribution in [0.4, 0.5) is 0 Å². The molecule has 4 amide bonds. The quantitative estimate of drug-likeness (QED) is 0.0408. The van der Waals surface area contributed by atoms with Crippen LogP contribution in [-0.4, -0.2) is 166 Å². The SMILES string of the molecule is C(=C\c1ccncc1)/c1ccncc1.C(=C\c1ccncc1)/c1ccncc1.CN(C)C=O.CN(C)C=O.CN(C)C=O.CN(C)C=O.O=C(O)c1ccc(COc2c3cccc2Cc2cccc(c2OCc2ccc(C(=O)O)cc2)Cc2cccc(c2OCc2ccc(C(=O)O)cc2)Cc2cccc(c2OCc2ccc(C(=O)O)cc2)C3)cc1. The molecule has 24 heteroatoms. The average molecular weight is 1620 g/mol. The van der Waals surface area contributed by atoms with Gasteiger partial charge in [-0.15, -0.1) is 0 Å². The van der Waals surface area contributed by atoms with Crippen molar-refractivity contribution in [2.45, 2.75) is 52.1 Å². The van der Waals surface area contributed by atoms with Crippen molar-refractivity contribution in [1.29, 1.82) is 0 Å². The van der Waals surface area contributed by atoms with Gasteiger partial charge in [-0.3, -0.25) is 39.1 Å². The molecule has 8 bridgehead atoms. The Morgan fingerprint density at radius 3 is 0.550 bits per heavy atom. The third-order valence-electron chi connectivity index (χ3n) is 17.2. The summed E-state index contributed by atoms with van der Waals surface area (Å²) in [7, 11) is 13.5. The van der Waals surface area contributed by atoms with Crippen LogP contribution in [0.5, 0.6) is 23.0 Å². The van der Waals surface area contributed by atoms with Crippen LogP contribution >= 0.6 is 0 Å². The van der Waals surface area contributed by atoms with Crippen molar-refractivity contribution in [1.82, 2.24) is 39.5 Å². The minimum absolute atomic E-state index is 0.149. The summed E-state index contributed by atoms with van der Waals surface area (Å²) in [5.41, 5.74) is 15.3. The van der Waals surface area contributed by atoms with Crippen molar-refractivity contribution in [3.63, 3.8) is 0 Å². The molecule has 0 fully saturated rings. The number of benzene rings is 8. The average Bonchev–Trinajstić information content (AvgIpc) is 0.785. The predicted molar refractivity (Wildman–Crippen MR) is 462 cm³/mol. The fourth-order valence-electron chi connectivity index (χ4n) is 11.1. The lowest BCUT2D eigenvalue weighted by molar-refractivity contribution is -0.116. The summed E-state index contributed by atoms with van der Waals surface area (Å²) >= 11 is 0. The number of amides is 4. The Bertz CT molecular complexity index is 4550. The number of nitrogens with zero attached hydrogens (tertiary/aromatic N) is 8. The summed E-state index contributed by atoms with van der Waals surface area (Å²) in [4.78, 5) is 106. The van der Waals surface area contributed by atoms with Gasteiger partial charge in [-0.25, -0.2) is 19.2 Å². The maximum atomic E-state index is 11.7. The van der Waals surface area contributed by atoms with Gasteiger partial charge in [-0.05, 0) is 186 Å². The van der Waals surface area contributed by atoms with E-state index in [2.05, 4.69) is 44.2 Å². The second-order valence-electron chi connectivity index (χ2n) is 27.6. The molecule has 4 aromatic heterocycles. The van der Waals surface area contributed by atoms with E-state index in [1.807, 2.05) is 121 Å². The zero-order valence-corrected chi connectivity index (χ0v) is 67.9. The molecule has 1 aliphatic carbocycles. The van der Waals surface area contributed by atoms with E-state index in [1.165, 1.54) is 19.6 Å². The van der Waals surface area contributed by atoms with Crippen LogP contribution in [0.3, 0.4) is 0 Å². The van der Waals surface area contributed by atoms with Gasteiger partial charge in [-0.1, -0.05) is 146 Å². The second-order valence-corrected chi connectivity index (χ2v) is 27.6. The first-order valence-corrected chi connectivity index (χ1v) is 37.6. The third kappa shape index (κ3) is 31.9. The lowest BCUT2D eigenvalue weighted by Crippen LogP contribution is -2.09. The van der Waals surface area contributed by atoms with Crippen molar-refractivity contribution in [3.8, 4) is 23.0 Å². The first-order chi connectivity index (χ1) is 57.9. The Hall–Kier alpha value is -15.2. The summed E-state index contributed by atoms with van der Waals surface area (Å²) in [6.45, 7) is 0.597. The van der Waals surface area contributed by atoms with E-state index in [9.17, 15) is 58.8 Å². The number of fused-ring (bicyclic) bond motifs is 8. The Morgan fingerprint density at radius 2 is 0.417 bits per heavy atom. The zero-order valence-electron chi connectivity index (χ0n) is 67.9. The van der Waals surface area contributed by atoms with Gasteiger partial charge < -0.3 is 59.0 Å². The van der Waals surface area contributed by atoms with E-state index >= 15 is 0 Å². The van der Waals surface area contributed by atoms with E-state index in [1.54, 1.807) is 203 Å². The molecule has 0 unspecified atom stereocenters. The van der Waals surface area contributed by atoms with Gasteiger partial charge in [0.25, 0.3) is 0 Å². The number of carboxylic acids is 4. The molecular weight excluding hydrogens is 1520 g/mol. The number of para-hydroxylation sites is 4. The minimum atomic E-state index is -1.02. The van der Waals surface area contributed by atoms with Gasteiger partial charge in [0.1, 0.15) is 49.4 Å². The Kier molecular flexibility index (Phi) is 38.0. The van der Waals surface area contributed by atoms with Crippen LogP contribution in [0.2, 0.25) is 0 Å². The maximum Gasteiger partial charge on any atom is 0.335 e. The smallest absolute Gasteiger partial charge is 0.335 e. The largest absolute Gasteiger partial charge is 0.488 e. The molecule has 0 saturated carbocycles. The van der Waals surface area contributed by atoms with E-state index in [0.29, 0.717) is 48.7 Å². The molecule has 13 rings (SSSR count). The van der Waals surface area contributed by atoms with Gasteiger partial charge in [0.05, 0.1) is 22.3 Å². The highest BCUT2D eigenvalue weighted by molar-refractivity contribution is 5.89. The molecule has 616 valence electrons. The van der Waals surface area contributed by atoms with Gasteiger partial charge in [0, 0.05) is 132 Å². The molecular formula is C96H96N8O16. The number of carbonyl (C=O) groups excluding carboxylic acids is 4. The van der Waals surface area contributed by atoms with E-state index in [4.69, 9.17) is 18.9 Å². The zero-order chi connectivity index (χ0) is 86.6. The number of pyridine rings is 4. The highest BCUT2D eigenvalue weighted by Crippen LogP contribution is 2.40. The molecule has 0 atom stereocenters. The fourth-order valence-corrected chi connectivity index (χ4v) is 11.1. The van der Waals surface area contributed by atoms with Gasteiger partial charge in [-0.2, -0.15) is 0 Å². The summed E-state index contributed by atoms with van der Waals surface area (Å²) in [6, 6.07) is 66.2. The van der Waals surface area contributed by atoms with Crippen LogP contribution in [0.15, 0.2) is 268 Å². The molecule has 12 aromatic rings. The number of aromatic carboxylic acids is 4. The third-order valence-corrected chi connectivity index (χ3v) is 17.2. The van der Waals surface area contributed by atoms with Gasteiger partial charge in [0.2, 0.25) is 25.6 Å². The van der Waals surface area contributed by atoms with E-state index in [-0.39, 0.29) is 48.7 Å². The van der Waals surface area contributed by atoms with Crippen molar-refractivity contribution in [3.05, 3.63) is 379 Å². The fraction of sp³-hybridized carbons (Fsp3) is 0.167. The lowest BCUT2D eigenvalue weighted by Gasteiger charge is -2.23. The maximum absolute atomic E-state index is 11.7. The van der Waals surface area contributed by atoms with Crippen molar-refractivity contribution < 1.29 is 77.7 Å². The monoisotopic (exact) mass is 1620 g/mol. The van der Waals surface area contributed by atoms with E-state index < -0.39 is 23.9 Å². The van der Waals surface area contributed by atoms with Crippen molar-refractivity contribution in [2.75, 3.05) is 56.4 Å². The lowest BCUT2D eigenvalue weighted by atomic mass is 9.91. The van der Waals surface area contributed by atoms with Crippen molar-refractivity contribution >= 4 is 73.8 Å². The molecule has 8 aromatic carbocycles. The number of aromatic nitrogens is 4. The summed E-state index contributed by atoms with van der Waals surface area (Å²) < 4.78 is 27.2. The normalized spacial score (nSPS) is 10.7. The Morgan fingerprint density at radius 1 is 0.267 bits per heavy atom. The molecule has 0 saturated heterocycles. The molecule has 1 aliphatic rings. The number of hydrogen-bond donors (Lipinski definition) is 4. The predicted octanol–water partition coefficient (Wildman–Crippen LogP) is 15.6. The van der Waals surface area contributed by atoms with Crippen molar-refractivity contribution in [2.24, 2.45) is 0 Å². The topological polar surface area (TPSA) is 319 Å². The summed E-state index contributed by atoms with van der Waals surface area (Å²) in [5, 5.41) is 38.3. The van der Waals surface area contributed by atoms with Crippen LogP contribution in [0, 0.1) is 0 Å². The molecule has 0 aliphatic heterocycles. The summed E-state index contributed by atoms with van der Waals surface area (Å²) in [6.07, 6.45) is 27.0. The first kappa shape index (κ1) is 92.0. The number of carbonyl (C=O) groups is 8. The number of rotatable bonds is 24. The second kappa shape index (κ2) is 49.5. The number of carboxylic acid groups (broad SMARTS) is 4. The molecule has 0 radical (unpaired) electrons. The van der Waals surface area contributed by atoms with Crippen LogP contribution in [0.1, 0.15) is 130 Å². The minimum Gasteiger partial charge on any atom is -0.488 e. The van der Waals surface area contributed by atoms with Gasteiger partial charge in [0.15, 0.2) is 0 Å². The van der Waals surface area contributed by atoms with E-state index in [0.717, 1.165) is 115 Å². The molecule has 4 N–H and O–H groups in total. The standard InChI is InChI=1S/C60H48O12.2C12H10N2.4C3H7NO/c61-57(62)41-21-13-37(14-22-41)33-69-53-45-5-1-6-46(53)30-48-8-3-10-50(55(48)71-35-39-17-25-43(26-18-39)59(65)66)32-52-12-4-11-51(56(52)72-36-40-19-27-44(28-20-40)60(67)68)31-49-9-2-7-47(29-45)54(49)70-34-38-15-23-42(24-16-38)58(63)64;2*1(11-3-7-13-8-4-11)2-12-5-9-14-10-6-12;4*1-4(2)3-5/h1-28H,29-36H2,(H,61,62)(H,63,64)(H,65,66)(H,67,68);2*1-10H;4*3H,1-2H3/b;2*2-1+;;;;. The number of hydrogen-bond acceptors (Lipinski definition) is 16. The Labute approximate surface area is 698 Å². The van der Waals surface area contributed by atoms with Gasteiger partial charge >= 0.3 is 23.9 Å². The first-order valence-electron chi connectivity index (χ1n) is 37.6. The number of ether oxygens (including phenoxy) is 4. The molecule has 4 heterocycles. The van der Waals surface area contributed by atoms with Crippen LogP contribution < -0.4 is 18.9 Å². The highest BCUT2D eigenvalue weighted by Gasteiger charge is 2.23. The Balaban J connectivity index is 0.000000329. The summed E-state index contributed by atoms with van der Waals surface area (Å²) in [5.74, 6) is -1.51. The van der Waals surface area contributed by atoms with Crippen LogP contribution in [-0.2, 0) is 71.3 Å². The van der Waals surface area contributed by atoms with Crippen LogP contribution in [0.25, 0.3) is 24.3 Å². The highest BCUT2D eigenvalue weighted by atomic mass is 16.5.